The number of pyridine rings is 1. The number of hydrogen-bond acceptors (Lipinski definition) is 4. The molecule has 0 N–H and O–H groups in total. The Kier molecular flexibility index (Phi) is 5.67. The molecule has 0 aliphatic carbocycles. The molecule has 0 fully saturated rings. The third kappa shape index (κ3) is 3.35. The monoisotopic (exact) mass is 279 g/mol. The quantitative estimate of drug-likeness (QED) is 0.592. The van der Waals surface area contributed by atoms with Crippen LogP contribution in [0.3, 0.4) is 0 Å². The van der Waals surface area contributed by atoms with Gasteiger partial charge in [0, 0.05) is 17.8 Å². The average molecular weight is 279 g/mol. The van der Waals surface area contributed by atoms with Crippen molar-refractivity contribution in [2.75, 3.05) is 6.61 Å². The minimum Gasteiger partial charge on any atom is -0.462 e. The van der Waals surface area contributed by atoms with Crippen molar-refractivity contribution in [1.82, 2.24) is 4.57 Å². The summed E-state index contributed by atoms with van der Waals surface area (Å²) in [6.07, 6.45) is 1.73. The first-order chi connectivity index (χ1) is 9.43. The van der Waals surface area contributed by atoms with Gasteiger partial charge in [-0.05, 0) is 33.3 Å². The van der Waals surface area contributed by atoms with Gasteiger partial charge in [-0.1, -0.05) is 13.3 Å². The number of aromatic nitrogens is 1. The van der Waals surface area contributed by atoms with E-state index in [9.17, 15) is 14.4 Å². The van der Waals surface area contributed by atoms with Crippen LogP contribution in [0, 0.1) is 6.92 Å². The molecule has 5 nitrogen and oxygen atoms in total. The zero-order valence-corrected chi connectivity index (χ0v) is 12.5. The lowest BCUT2D eigenvalue weighted by atomic mass is 10.1. The third-order valence-corrected chi connectivity index (χ3v) is 3.17. The van der Waals surface area contributed by atoms with Gasteiger partial charge >= 0.3 is 5.97 Å². The maximum atomic E-state index is 12.3. The second kappa shape index (κ2) is 7.03. The number of Topliss-reactive ketones (excluding diaryl/α,β-unsaturated/α-hetero) is 1. The van der Waals surface area contributed by atoms with E-state index in [1.165, 1.54) is 17.6 Å². The fourth-order valence-corrected chi connectivity index (χ4v) is 2.05. The Balaban J connectivity index is 3.45. The van der Waals surface area contributed by atoms with Crippen molar-refractivity contribution in [2.45, 2.75) is 47.1 Å². The summed E-state index contributed by atoms with van der Waals surface area (Å²) < 4.78 is 6.37. The number of ether oxygens (including phenoxy) is 1. The molecule has 1 heterocycles. The highest BCUT2D eigenvalue weighted by Crippen LogP contribution is 2.11. The molecule has 0 atom stereocenters. The highest BCUT2D eigenvalue weighted by Gasteiger charge is 2.19. The molecular formula is C15H21NO4. The van der Waals surface area contributed by atoms with Crippen LogP contribution in [0.4, 0.5) is 0 Å². The van der Waals surface area contributed by atoms with Crippen LogP contribution in [0.15, 0.2) is 10.9 Å². The van der Waals surface area contributed by atoms with Gasteiger partial charge in [0.25, 0.3) is 5.56 Å². The van der Waals surface area contributed by atoms with E-state index in [0.717, 1.165) is 12.8 Å². The maximum Gasteiger partial charge on any atom is 0.343 e. The number of esters is 1. The van der Waals surface area contributed by atoms with Crippen LogP contribution < -0.4 is 5.56 Å². The van der Waals surface area contributed by atoms with Gasteiger partial charge in [0.1, 0.15) is 5.56 Å². The fourth-order valence-electron chi connectivity index (χ4n) is 2.05. The number of rotatable bonds is 6. The van der Waals surface area contributed by atoms with Gasteiger partial charge < -0.3 is 9.30 Å². The van der Waals surface area contributed by atoms with Crippen LogP contribution in [-0.2, 0) is 11.3 Å². The summed E-state index contributed by atoms with van der Waals surface area (Å²) in [5.41, 5.74) is 0.533. The van der Waals surface area contributed by atoms with Gasteiger partial charge in [0.15, 0.2) is 5.78 Å². The minimum atomic E-state index is -0.676. The Morgan fingerprint density at radius 1 is 1.25 bits per heavy atom. The normalized spacial score (nSPS) is 10.4. The molecule has 0 bridgehead atoms. The van der Waals surface area contributed by atoms with E-state index in [-0.39, 0.29) is 23.5 Å². The van der Waals surface area contributed by atoms with Gasteiger partial charge in [-0.3, -0.25) is 9.59 Å². The lowest BCUT2D eigenvalue weighted by Crippen LogP contribution is -2.30. The molecule has 20 heavy (non-hydrogen) atoms. The van der Waals surface area contributed by atoms with Crippen LogP contribution in [0.5, 0.6) is 0 Å². The van der Waals surface area contributed by atoms with Crippen LogP contribution in [0.2, 0.25) is 0 Å². The molecule has 0 amide bonds. The molecule has 0 spiro atoms. The zero-order valence-electron chi connectivity index (χ0n) is 12.5. The number of carbonyl (C=O) groups excluding carboxylic acids is 2. The van der Waals surface area contributed by atoms with Gasteiger partial charge in [0.2, 0.25) is 0 Å². The van der Waals surface area contributed by atoms with Gasteiger partial charge in [-0.2, -0.15) is 0 Å². The lowest BCUT2D eigenvalue weighted by molar-refractivity contribution is 0.0523. The molecule has 0 aliphatic rings. The summed E-state index contributed by atoms with van der Waals surface area (Å²) in [6, 6.07) is 1.35. The Hall–Kier alpha value is -1.91. The number of hydrogen-bond donors (Lipinski definition) is 0. The van der Waals surface area contributed by atoms with E-state index in [4.69, 9.17) is 4.74 Å². The molecule has 0 radical (unpaired) electrons. The van der Waals surface area contributed by atoms with E-state index in [0.29, 0.717) is 17.8 Å². The topological polar surface area (TPSA) is 65.4 Å². The molecule has 0 saturated carbocycles. The van der Waals surface area contributed by atoms with Gasteiger partial charge in [-0.15, -0.1) is 0 Å². The number of ketones is 1. The lowest BCUT2D eigenvalue weighted by Gasteiger charge is -2.14. The van der Waals surface area contributed by atoms with Crippen molar-refractivity contribution < 1.29 is 14.3 Å². The largest absolute Gasteiger partial charge is 0.462 e. The summed E-state index contributed by atoms with van der Waals surface area (Å²) in [5, 5.41) is 0. The second-order valence-corrected chi connectivity index (χ2v) is 4.64. The van der Waals surface area contributed by atoms with E-state index in [2.05, 4.69) is 0 Å². The zero-order chi connectivity index (χ0) is 15.3. The van der Waals surface area contributed by atoms with Crippen molar-refractivity contribution in [3.8, 4) is 0 Å². The predicted molar refractivity (Wildman–Crippen MR) is 76.3 cm³/mol. The predicted octanol–water partition coefficient (Wildman–Crippen LogP) is 2.34. The van der Waals surface area contributed by atoms with Crippen molar-refractivity contribution >= 4 is 11.8 Å². The molecule has 0 aromatic carbocycles. The summed E-state index contributed by atoms with van der Waals surface area (Å²) >= 11 is 0. The number of nitrogens with zero attached hydrogens (tertiary/aromatic N) is 1. The molecule has 110 valence electrons. The Labute approximate surface area is 118 Å². The SMILES string of the molecule is CCCCn1c(C)c(C(C)=O)cc(C(=O)OCC)c1=O. The molecule has 1 aromatic rings. The van der Waals surface area contributed by atoms with Crippen LogP contribution in [0.1, 0.15) is 60.0 Å². The van der Waals surface area contributed by atoms with E-state index >= 15 is 0 Å². The fraction of sp³-hybridized carbons (Fsp3) is 0.533. The number of carbonyl (C=O) groups is 2. The first-order valence-electron chi connectivity index (χ1n) is 6.86. The Morgan fingerprint density at radius 3 is 2.40 bits per heavy atom. The van der Waals surface area contributed by atoms with Crippen LogP contribution in [-0.4, -0.2) is 22.9 Å². The van der Waals surface area contributed by atoms with Crippen molar-refractivity contribution in [2.24, 2.45) is 0 Å². The molecular weight excluding hydrogens is 258 g/mol. The van der Waals surface area contributed by atoms with E-state index < -0.39 is 5.97 Å². The Morgan fingerprint density at radius 2 is 1.90 bits per heavy atom. The second-order valence-electron chi connectivity index (χ2n) is 4.64. The highest BCUT2D eigenvalue weighted by molar-refractivity contribution is 5.98. The highest BCUT2D eigenvalue weighted by atomic mass is 16.5. The van der Waals surface area contributed by atoms with E-state index in [1.54, 1.807) is 13.8 Å². The van der Waals surface area contributed by atoms with Crippen molar-refractivity contribution in [1.29, 1.82) is 0 Å². The molecule has 0 aliphatic heterocycles. The first kappa shape index (κ1) is 16.1. The summed E-state index contributed by atoms with van der Waals surface area (Å²) in [6.45, 7) is 7.52. The molecule has 5 heteroatoms. The van der Waals surface area contributed by atoms with Crippen molar-refractivity contribution in [3.05, 3.63) is 33.2 Å². The average Bonchev–Trinajstić information content (AvgIpc) is 2.38. The summed E-state index contributed by atoms with van der Waals surface area (Å²) in [4.78, 5) is 35.8. The van der Waals surface area contributed by atoms with E-state index in [1.807, 2.05) is 6.92 Å². The first-order valence-corrected chi connectivity index (χ1v) is 6.86. The van der Waals surface area contributed by atoms with Crippen LogP contribution >= 0.6 is 0 Å². The maximum absolute atomic E-state index is 12.3. The molecule has 1 aromatic heterocycles. The number of unbranched alkanes of at least 4 members (excludes halogenated alkanes) is 1. The molecule has 0 saturated heterocycles. The smallest absolute Gasteiger partial charge is 0.343 e. The van der Waals surface area contributed by atoms with Gasteiger partial charge in [-0.25, -0.2) is 4.79 Å². The molecule has 0 unspecified atom stereocenters. The van der Waals surface area contributed by atoms with Crippen molar-refractivity contribution in [3.63, 3.8) is 0 Å². The Bertz CT molecular complexity index is 572. The minimum absolute atomic E-state index is 0.0706. The summed E-state index contributed by atoms with van der Waals surface area (Å²) in [5.74, 6) is -0.844. The van der Waals surface area contributed by atoms with Crippen LogP contribution in [0.25, 0.3) is 0 Å². The summed E-state index contributed by atoms with van der Waals surface area (Å²) in [7, 11) is 0. The third-order valence-electron chi connectivity index (χ3n) is 3.17. The molecule has 1 rings (SSSR count). The van der Waals surface area contributed by atoms with Gasteiger partial charge in [0.05, 0.1) is 6.61 Å². The standard InChI is InChI=1S/C15H21NO4/c1-5-7-8-16-10(3)12(11(4)17)9-13(14(16)18)15(19)20-6-2/h9H,5-8H2,1-4H3.